The molecule has 0 atom stereocenters. The molecule has 0 amide bonds. The van der Waals surface area contributed by atoms with Gasteiger partial charge in [-0.05, 0) is 48.0 Å². The molecule has 0 aliphatic heterocycles. The zero-order chi connectivity index (χ0) is 26.9. The van der Waals surface area contributed by atoms with Gasteiger partial charge in [-0.25, -0.2) is 4.98 Å². The van der Waals surface area contributed by atoms with Crippen LogP contribution in [0.2, 0.25) is 0 Å². The Bertz CT molecular complexity index is 2440. The molecule has 192 valence electrons. The summed E-state index contributed by atoms with van der Waals surface area (Å²) < 4.78 is 7.07. The molecule has 9 rings (SSSR count). The summed E-state index contributed by atoms with van der Waals surface area (Å²) in [6.07, 6.45) is 1.94. The Labute approximate surface area is 239 Å². The molecule has 5 heteroatoms. The fourth-order valence-corrected chi connectivity index (χ4v) is 7.45. The first-order chi connectivity index (χ1) is 20.4. The van der Waals surface area contributed by atoms with Crippen molar-refractivity contribution in [3.05, 3.63) is 134 Å². The summed E-state index contributed by atoms with van der Waals surface area (Å²) in [6, 6.07) is 45.0. The summed E-state index contributed by atoms with van der Waals surface area (Å²) in [4.78, 5) is 10.1. The monoisotopic (exact) mass is 542 g/mol. The summed E-state index contributed by atoms with van der Waals surface area (Å²) in [5.74, 6) is 0.905. The van der Waals surface area contributed by atoms with Crippen LogP contribution in [0.15, 0.2) is 134 Å². The molecule has 5 aromatic carbocycles. The molecule has 0 unspecified atom stereocenters. The van der Waals surface area contributed by atoms with Crippen molar-refractivity contribution < 1.29 is 0 Å². The van der Waals surface area contributed by atoms with Crippen molar-refractivity contribution in [2.24, 2.45) is 0 Å². The van der Waals surface area contributed by atoms with Crippen molar-refractivity contribution in [2.75, 3.05) is 0 Å². The van der Waals surface area contributed by atoms with Crippen LogP contribution in [-0.4, -0.2) is 18.9 Å². The first-order valence-corrected chi connectivity index (χ1v) is 14.5. The molecule has 0 aliphatic rings. The maximum atomic E-state index is 5.12. The van der Waals surface area contributed by atoms with Gasteiger partial charge in [-0.3, -0.25) is 14.0 Å². The quantitative estimate of drug-likeness (QED) is 0.223. The molecule has 4 heterocycles. The third kappa shape index (κ3) is 3.21. The van der Waals surface area contributed by atoms with Crippen molar-refractivity contribution in [2.45, 2.75) is 0 Å². The SMILES string of the molecule is c1ccc(-c2nccc3c2sc2ccccc23)c(-c2ccccc2-n2c3ccccc3n3c4ccccc4nc23)c1. The van der Waals surface area contributed by atoms with Gasteiger partial charge < -0.3 is 0 Å². The topological polar surface area (TPSA) is 35.1 Å². The van der Waals surface area contributed by atoms with E-state index in [-0.39, 0.29) is 0 Å². The zero-order valence-corrected chi connectivity index (χ0v) is 22.7. The molecule has 0 aliphatic carbocycles. The largest absolute Gasteiger partial charge is 0.278 e. The first kappa shape index (κ1) is 22.5. The maximum absolute atomic E-state index is 5.12. The van der Waals surface area contributed by atoms with E-state index in [1.807, 2.05) is 23.6 Å². The normalized spacial score (nSPS) is 11.9. The molecule has 0 spiro atoms. The second-order valence-corrected chi connectivity index (χ2v) is 11.3. The molecule has 9 aromatic rings. The fraction of sp³-hybridized carbons (Fsp3) is 0. The highest BCUT2D eigenvalue weighted by Gasteiger charge is 2.21. The third-order valence-electron chi connectivity index (χ3n) is 8.02. The van der Waals surface area contributed by atoms with Gasteiger partial charge in [0.2, 0.25) is 5.78 Å². The summed E-state index contributed by atoms with van der Waals surface area (Å²) in [5, 5.41) is 2.53. The number of fused-ring (bicyclic) bond motifs is 8. The Hall–Kier alpha value is -5.26. The van der Waals surface area contributed by atoms with E-state index in [0.29, 0.717) is 0 Å². The Morgan fingerprint density at radius 1 is 0.537 bits per heavy atom. The average molecular weight is 543 g/mol. The summed E-state index contributed by atoms with van der Waals surface area (Å²) in [6.45, 7) is 0. The van der Waals surface area contributed by atoms with Gasteiger partial charge >= 0.3 is 0 Å². The highest BCUT2D eigenvalue weighted by molar-refractivity contribution is 7.26. The molecule has 0 saturated heterocycles. The number of hydrogen-bond acceptors (Lipinski definition) is 3. The Morgan fingerprint density at radius 3 is 2.12 bits per heavy atom. The van der Waals surface area contributed by atoms with Crippen molar-refractivity contribution in [1.82, 2.24) is 18.9 Å². The molecule has 0 radical (unpaired) electrons. The number of imidazole rings is 2. The van der Waals surface area contributed by atoms with Crippen LogP contribution in [0.4, 0.5) is 0 Å². The van der Waals surface area contributed by atoms with Gasteiger partial charge in [0.25, 0.3) is 0 Å². The van der Waals surface area contributed by atoms with Crippen LogP contribution in [0.5, 0.6) is 0 Å². The van der Waals surface area contributed by atoms with Gasteiger partial charge in [-0.2, -0.15) is 0 Å². The minimum absolute atomic E-state index is 0.905. The lowest BCUT2D eigenvalue weighted by Crippen LogP contribution is -1.99. The summed E-state index contributed by atoms with van der Waals surface area (Å²) >= 11 is 1.81. The van der Waals surface area contributed by atoms with Gasteiger partial charge in [0.05, 0.1) is 38.1 Å². The van der Waals surface area contributed by atoms with E-state index < -0.39 is 0 Å². The second-order valence-electron chi connectivity index (χ2n) is 10.3. The molecular weight excluding hydrogens is 520 g/mol. The van der Waals surface area contributed by atoms with E-state index in [2.05, 4.69) is 130 Å². The van der Waals surface area contributed by atoms with Crippen LogP contribution < -0.4 is 0 Å². The minimum atomic E-state index is 0.905. The number of pyridine rings is 1. The van der Waals surface area contributed by atoms with Crippen LogP contribution in [0.1, 0.15) is 0 Å². The summed E-state index contributed by atoms with van der Waals surface area (Å²) in [7, 11) is 0. The molecule has 4 nitrogen and oxygen atoms in total. The predicted molar refractivity (Wildman–Crippen MR) is 171 cm³/mol. The minimum Gasteiger partial charge on any atom is -0.278 e. The van der Waals surface area contributed by atoms with Gasteiger partial charge in [-0.1, -0.05) is 84.9 Å². The number of thiophene rings is 1. The summed E-state index contributed by atoms with van der Waals surface area (Å²) in [5.41, 5.74) is 9.86. The van der Waals surface area contributed by atoms with Crippen molar-refractivity contribution in [3.8, 4) is 28.1 Å². The Morgan fingerprint density at radius 2 is 1.22 bits per heavy atom. The van der Waals surface area contributed by atoms with Crippen LogP contribution in [0, 0.1) is 0 Å². The zero-order valence-electron chi connectivity index (χ0n) is 21.9. The predicted octanol–water partition coefficient (Wildman–Crippen LogP) is 9.53. The van der Waals surface area contributed by atoms with E-state index in [4.69, 9.17) is 9.97 Å². The van der Waals surface area contributed by atoms with Crippen LogP contribution in [-0.2, 0) is 0 Å². The number of rotatable bonds is 3. The van der Waals surface area contributed by atoms with E-state index in [0.717, 1.165) is 55.9 Å². The lowest BCUT2D eigenvalue weighted by atomic mass is 9.95. The molecule has 41 heavy (non-hydrogen) atoms. The Balaban J connectivity index is 1.35. The van der Waals surface area contributed by atoms with Crippen LogP contribution >= 0.6 is 11.3 Å². The number of hydrogen-bond donors (Lipinski definition) is 0. The number of para-hydroxylation sites is 5. The standard InChI is InChI=1S/C36H22N4S/c1-2-14-26(34-35-27(21-22-37-34)25-13-4-10-20-33(25)41-35)23(11-1)24-12-3-6-16-29(24)39-31-18-8-9-19-32(31)40-30-17-7-5-15-28(30)38-36(39)40/h1-22H. The van der Waals surface area contributed by atoms with Crippen molar-refractivity contribution >= 4 is 59.4 Å². The van der Waals surface area contributed by atoms with Gasteiger partial charge in [0, 0.05) is 32.8 Å². The lowest BCUT2D eigenvalue weighted by Gasteiger charge is -2.15. The highest BCUT2D eigenvalue weighted by Crippen LogP contribution is 2.43. The third-order valence-corrected chi connectivity index (χ3v) is 9.21. The van der Waals surface area contributed by atoms with Gasteiger partial charge in [0.15, 0.2) is 0 Å². The number of aromatic nitrogens is 4. The average Bonchev–Trinajstić information content (AvgIpc) is 3.70. The lowest BCUT2D eigenvalue weighted by molar-refractivity contribution is 1.11. The smallest absolute Gasteiger partial charge is 0.220 e. The van der Waals surface area contributed by atoms with E-state index in [9.17, 15) is 0 Å². The van der Waals surface area contributed by atoms with Gasteiger partial charge in [0.1, 0.15) is 0 Å². The molecule has 0 saturated carbocycles. The van der Waals surface area contributed by atoms with E-state index in [1.165, 1.54) is 20.2 Å². The highest BCUT2D eigenvalue weighted by atomic mass is 32.1. The first-order valence-electron chi connectivity index (χ1n) is 13.7. The van der Waals surface area contributed by atoms with E-state index >= 15 is 0 Å². The fourth-order valence-electron chi connectivity index (χ4n) is 6.25. The van der Waals surface area contributed by atoms with Crippen molar-refractivity contribution in [1.29, 1.82) is 0 Å². The maximum Gasteiger partial charge on any atom is 0.220 e. The van der Waals surface area contributed by atoms with Crippen LogP contribution in [0.3, 0.4) is 0 Å². The Kier molecular flexibility index (Phi) is 4.74. The van der Waals surface area contributed by atoms with Crippen molar-refractivity contribution in [3.63, 3.8) is 0 Å². The van der Waals surface area contributed by atoms with E-state index in [1.54, 1.807) is 0 Å². The molecule has 0 N–H and O–H groups in total. The molecule has 4 aromatic heterocycles. The number of benzene rings is 5. The second kappa shape index (κ2) is 8.62. The molecule has 0 fully saturated rings. The van der Waals surface area contributed by atoms with Gasteiger partial charge in [-0.15, -0.1) is 11.3 Å². The van der Waals surface area contributed by atoms with Crippen LogP contribution in [0.25, 0.3) is 76.1 Å². The molecule has 0 bridgehead atoms. The molecular formula is C36H22N4S. The number of nitrogens with zero attached hydrogens (tertiary/aromatic N) is 4.